The van der Waals surface area contributed by atoms with Gasteiger partial charge < -0.3 is 4.98 Å². The van der Waals surface area contributed by atoms with Crippen molar-refractivity contribution in [3.63, 3.8) is 0 Å². The number of rotatable bonds is 1. The first-order chi connectivity index (χ1) is 9.75. The summed E-state index contributed by atoms with van der Waals surface area (Å²) in [5.41, 5.74) is 0.968. The predicted octanol–water partition coefficient (Wildman–Crippen LogP) is 2.92. The van der Waals surface area contributed by atoms with Crippen molar-refractivity contribution >= 4 is 33.8 Å². The zero-order valence-electron chi connectivity index (χ0n) is 11.2. The third-order valence-corrected chi connectivity index (χ3v) is 5.89. The van der Waals surface area contributed by atoms with Crippen molar-refractivity contribution in [1.29, 1.82) is 0 Å². The minimum Gasteiger partial charge on any atom is -0.331 e. The van der Waals surface area contributed by atoms with Gasteiger partial charge in [-0.1, -0.05) is 6.42 Å². The average Bonchev–Trinajstić information content (AvgIpc) is 3.06. The second-order valence-electron chi connectivity index (χ2n) is 5.72. The molecule has 0 spiro atoms. The Morgan fingerprint density at radius 3 is 3.05 bits per heavy atom. The molecule has 2 aromatic rings. The molecule has 0 radical (unpaired) electrons. The fourth-order valence-electron chi connectivity index (χ4n) is 3.77. The van der Waals surface area contributed by atoms with E-state index in [0.717, 1.165) is 23.2 Å². The molecule has 4 heterocycles. The highest BCUT2D eigenvalue weighted by Crippen LogP contribution is 2.34. The van der Waals surface area contributed by atoms with Crippen molar-refractivity contribution < 1.29 is 0 Å². The largest absolute Gasteiger partial charge is 0.331 e. The zero-order valence-corrected chi connectivity index (χ0v) is 12.8. The lowest BCUT2D eigenvalue weighted by molar-refractivity contribution is 0.171. The van der Waals surface area contributed by atoms with E-state index >= 15 is 0 Å². The lowest BCUT2D eigenvalue weighted by Gasteiger charge is -2.32. The molecule has 2 aliphatic heterocycles. The minimum absolute atomic E-state index is 0.0937. The molecule has 2 aliphatic rings. The van der Waals surface area contributed by atoms with Crippen LogP contribution >= 0.6 is 23.6 Å². The van der Waals surface area contributed by atoms with Gasteiger partial charge in [0.2, 0.25) is 0 Å². The van der Waals surface area contributed by atoms with Gasteiger partial charge in [0.15, 0.2) is 4.77 Å². The minimum atomic E-state index is 0.0937. The molecular formula is C14H17N3OS2. The Balaban J connectivity index is 1.86. The van der Waals surface area contributed by atoms with Crippen LogP contribution in [0.15, 0.2) is 16.2 Å². The number of fused-ring (bicyclic) bond motifs is 2. The van der Waals surface area contributed by atoms with Crippen molar-refractivity contribution in [1.82, 2.24) is 14.5 Å². The standard InChI is InChI=1S/C14H17N3OS2/c18-13-12-9(5-8-20-12)15-14(19)17(13)11-4-7-16-6-2-1-3-10(11)16/h5,8,10-11H,1-4,6-7H2,(H,15,19). The Morgan fingerprint density at radius 1 is 1.25 bits per heavy atom. The number of H-pyrrole nitrogens is 1. The molecule has 6 heteroatoms. The molecule has 4 rings (SSSR count). The summed E-state index contributed by atoms with van der Waals surface area (Å²) in [6.07, 6.45) is 4.78. The topological polar surface area (TPSA) is 41.0 Å². The third kappa shape index (κ3) is 1.82. The first kappa shape index (κ1) is 12.7. The van der Waals surface area contributed by atoms with Crippen molar-refractivity contribution in [2.75, 3.05) is 13.1 Å². The van der Waals surface area contributed by atoms with Crippen molar-refractivity contribution in [2.24, 2.45) is 0 Å². The molecule has 2 fully saturated rings. The van der Waals surface area contributed by atoms with Gasteiger partial charge in [-0.2, -0.15) is 0 Å². The molecule has 0 saturated carbocycles. The van der Waals surface area contributed by atoms with Crippen molar-refractivity contribution in [2.45, 2.75) is 37.8 Å². The Bertz CT molecular complexity index is 760. The van der Waals surface area contributed by atoms with Gasteiger partial charge in [0.1, 0.15) is 4.70 Å². The van der Waals surface area contributed by atoms with E-state index in [4.69, 9.17) is 12.2 Å². The van der Waals surface area contributed by atoms with E-state index in [0.29, 0.717) is 10.8 Å². The highest BCUT2D eigenvalue weighted by Gasteiger charge is 2.37. The smallest absolute Gasteiger partial charge is 0.272 e. The number of thiophene rings is 1. The third-order valence-electron chi connectivity index (χ3n) is 4.69. The molecule has 0 aromatic carbocycles. The molecule has 2 aromatic heterocycles. The summed E-state index contributed by atoms with van der Waals surface area (Å²) in [6.45, 7) is 2.27. The van der Waals surface area contributed by atoms with E-state index in [1.54, 1.807) is 0 Å². The lowest BCUT2D eigenvalue weighted by atomic mass is 9.99. The monoisotopic (exact) mass is 307 g/mol. The lowest BCUT2D eigenvalue weighted by Crippen LogP contribution is -2.40. The van der Waals surface area contributed by atoms with Gasteiger partial charge in [0.05, 0.1) is 11.6 Å². The normalized spacial score (nSPS) is 27.0. The number of aromatic amines is 1. The molecule has 2 atom stereocenters. The van der Waals surface area contributed by atoms with Crippen LogP contribution in [0.1, 0.15) is 31.7 Å². The second-order valence-corrected chi connectivity index (χ2v) is 7.03. The number of hydrogen-bond acceptors (Lipinski definition) is 4. The molecule has 20 heavy (non-hydrogen) atoms. The summed E-state index contributed by atoms with van der Waals surface area (Å²) >= 11 is 6.96. The fraction of sp³-hybridized carbons (Fsp3) is 0.571. The molecule has 0 aliphatic carbocycles. The van der Waals surface area contributed by atoms with Crippen molar-refractivity contribution in [3.8, 4) is 0 Å². The average molecular weight is 307 g/mol. The Hall–Kier alpha value is -0.980. The first-order valence-electron chi connectivity index (χ1n) is 7.22. The number of nitrogens with zero attached hydrogens (tertiary/aromatic N) is 2. The fourth-order valence-corrected chi connectivity index (χ4v) is 4.89. The molecule has 4 nitrogen and oxygen atoms in total. The highest BCUT2D eigenvalue weighted by molar-refractivity contribution is 7.71. The number of hydrogen-bond donors (Lipinski definition) is 1. The summed E-state index contributed by atoms with van der Waals surface area (Å²) < 4.78 is 3.23. The molecule has 106 valence electrons. The summed E-state index contributed by atoms with van der Waals surface area (Å²) in [4.78, 5) is 18.5. The maximum atomic E-state index is 12.7. The Morgan fingerprint density at radius 2 is 2.15 bits per heavy atom. The van der Waals surface area contributed by atoms with Gasteiger partial charge in [-0.05, 0) is 49.5 Å². The zero-order chi connectivity index (χ0) is 13.7. The van der Waals surface area contributed by atoms with E-state index in [9.17, 15) is 4.79 Å². The van der Waals surface area contributed by atoms with Crippen molar-refractivity contribution in [3.05, 3.63) is 26.6 Å². The highest BCUT2D eigenvalue weighted by atomic mass is 32.1. The molecular weight excluding hydrogens is 290 g/mol. The molecule has 2 unspecified atom stereocenters. The van der Waals surface area contributed by atoms with E-state index in [-0.39, 0.29) is 11.6 Å². The first-order valence-corrected chi connectivity index (χ1v) is 8.50. The summed E-state index contributed by atoms with van der Waals surface area (Å²) in [6, 6.07) is 2.68. The number of nitrogens with one attached hydrogen (secondary N) is 1. The molecule has 0 amide bonds. The molecule has 0 bridgehead atoms. The quantitative estimate of drug-likeness (QED) is 0.824. The van der Waals surface area contributed by atoms with E-state index < -0.39 is 0 Å². The summed E-state index contributed by atoms with van der Waals surface area (Å²) in [5, 5.41) is 1.95. The Kier molecular flexibility index (Phi) is 3.05. The van der Waals surface area contributed by atoms with Crippen LogP contribution in [0.25, 0.3) is 10.2 Å². The van der Waals surface area contributed by atoms with Crippen LogP contribution in [0.4, 0.5) is 0 Å². The van der Waals surface area contributed by atoms with Gasteiger partial charge in [0, 0.05) is 12.6 Å². The van der Waals surface area contributed by atoms with Crippen LogP contribution in [0.3, 0.4) is 0 Å². The summed E-state index contributed by atoms with van der Waals surface area (Å²) in [5.74, 6) is 0. The van der Waals surface area contributed by atoms with Crippen LogP contribution in [-0.4, -0.2) is 33.6 Å². The predicted molar refractivity (Wildman–Crippen MR) is 84.1 cm³/mol. The van der Waals surface area contributed by atoms with Crippen LogP contribution in [0.5, 0.6) is 0 Å². The molecule has 2 saturated heterocycles. The van der Waals surface area contributed by atoms with Crippen LogP contribution < -0.4 is 5.56 Å². The van der Waals surface area contributed by atoms with Gasteiger partial charge in [0.25, 0.3) is 5.56 Å². The second kappa shape index (κ2) is 4.79. The molecule has 1 N–H and O–H groups in total. The Labute approximate surface area is 126 Å². The maximum Gasteiger partial charge on any atom is 0.272 e. The number of aromatic nitrogens is 2. The van der Waals surface area contributed by atoms with E-state index in [2.05, 4.69) is 9.88 Å². The maximum absolute atomic E-state index is 12.7. The van der Waals surface area contributed by atoms with E-state index in [1.807, 2.05) is 16.0 Å². The van der Waals surface area contributed by atoms with E-state index in [1.165, 1.54) is 37.1 Å². The van der Waals surface area contributed by atoms with Crippen LogP contribution in [-0.2, 0) is 0 Å². The van der Waals surface area contributed by atoms with Crippen LogP contribution in [0.2, 0.25) is 0 Å². The number of piperidine rings is 1. The van der Waals surface area contributed by atoms with Gasteiger partial charge in [-0.25, -0.2) is 0 Å². The SMILES string of the molecule is O=c1c2sccc2[nH]c(=S)n1C1CCN2CCCCC12. The van der Waals surface area contributed by atoms with Crippen LogP contribution in [0, 0.1) is 4.77 Å². The van der Waals surface area contributed by atoms with Gasteiger partial charge in [-0.3, -0.25) is 14.3 Å². The summed E-state index contributed by atoms with van der Waals surface area (Å²) in [7, 11) is 0. The van der Waals surface area contributed by atoms with Gasteiger partial charge >= 0.3 is 0 Å². The van der Waals surface area contributed by atoms with Gasteiger partial charge in [-0.15, -0.1) is 11.3 Å².